The van der Waals surface area contributed by atoms with E-state index in [1.54, 1.807) is 0 Å². The first-order valence-corrected chi connectivity index (χ1v) is 9.19. The van der Waals surface area contributed by atoms with Crippen molar-refractivity contribution in [2.24, 2.45) is 11.8 Å². The quantitative estimate of drug-likeness (QED) is 0.650. The van der Waals surface area contributed by atoms with Crippen molar-refractivity contribution in [3.63, 3.8) is 0 Å². The molecule has 1 heterocycles. The molecule has 2 unspecified atom stereocenters. The number of carbonyl (C=O) groups is 2. The summed E-state index contributed by atoms with van der Waals surface area (Å²) in [5, 5.41) is 13.7. The second kappa shape index (κ2) is 6.79. The van der Waals surface area contributed by atoms with Crippen LogP contribution in [-0.2, 0) is 15.1 Å². The molecule has 0 aromatic heterocycles. The summed E-state index contributed by atoms with van der Waals surface area (Å²) in [6.45, 7) is 5.63. The number of hydrogen-bond donors (Lipinski definition) is 2. The second-order valence-corrected chi connectivity index (χ2v) is 7.58. The van der Waals surface area contributed by atoms with E-state index in [1.165, 1.54) is 0 Å². The van der Waals surface area contributed by atoms with Crippen LogP contribution in [-0.4, -0.2) is 23.2 Å². The fourth-order valence-electron chi connectivity index (χ4n) is 4.20. The van der Waals surface area contributed by atoms with Crippen molar-refractivity contribution in [3.05, 3.63) is 34.9 Å². The molecular weight excluding hydrogens is 318 g/mol. The molecule has 2 aliphatic rings. The Labute approximate surface area is 148 Å². The third-order valence-corrected chi connectivity index (χ3v) is 5.68. The van der Waals surface area contributed by atoms with Crippen molar-refractivity contribution >= 4 is 11.9 Å². The standard InChI is InChI=1S/C20H27NO4/c1-12(2)20(15-11-7-8-13(3)16(15)18(23)25-20)19(24)21-17(22)14-9-5-4-6-10-14/h7-8,11-12,14,19,24H,4-6,9-10H2,1-3H3,(H,21,22). The van der Waals surface area contributed by atoms with Crippen LogP contribution in [0.3, 0.4) is 0 Å². The van der Waals surface area contributed by atoms with Crippen molar-refractivity contribution in [3.8, 4) is 0 Å². The van der Waals surface area contributed by atoms with E-state index >= 15 is 0 Å². The van der Waals surface area contributed by atoms with Crippen LogP contribution < -0.4 is 5.32 Å². The van der Waals surface area contributed by atoms with Crippen molar-refractivity contribution in [1.82, 2.24) is 5.32 Å². The lowest BCUT2D eigenvalue weighted by Gasteiger charge is -2.38. The van der Waals surface area contributed by atoms with Gasteiger partial charge in [-0.2, -0.15) is 0 Å². The van der Waals surface area contributed by atoms with Crippen molar-refractivity contribution in [1.29, 1.82) is 0 Å². The van der Waals surface area contributed by atoms with Crippen LogP contribution in [0.25, 0.3) is 0 Å². The van der Waals surface area contributed by atoms with Gasteiger partial charge in [0.1, 0.15) is 0 Å². The lowest BCUT2D eigenvalue weighted by atomic mass is 9.80. The minimum Gasteiger partial charge on any atom is -0.445 e. The van der Waals surface area contributed by atoms with Gasteiger partial charge in [0.15, 0.2) is 11.8 Å². The van der Waals surface area contributed by atoms with Crippen molar-refractivity contribution in [2.45, 2.75) is 64.7 Å². The molecule has 0 spiro atoms. The molecule has 1 aliphatic heterocycles. The summed E-state index contributed by atoms with van der Waals surface area (Å²) in [7, 11) is 0. The maximum Gasteiger partial charge on any atom is 0.339 e. The first kappa shape index (κ1) is 17.9. The summed E-state index contributed by atoms with van der Waals surface area (Å²) >= 11 is 0. The molecule has 1 amide bonds. The van der Waals surface area contributed by atoms with E-state index in [2.05, 4.69) is 5.32 Å². The average molecular weight is 345 g/mol. The smallest absolute Gasteiger partial charge is 0.339 e. The van der Waals surface area contributed by atoms with Crippen LogP contribution in [0.1, 0.15) is 67.4 Å². The lowest BCUT2D eigenvalue weighted by Crippen LogP contribution is -2.55. The Morgan fingerprint density at radius 1 is 1.28 bits per heavy atom. The summed E-state index contributed by atoms with van der Waals surface area (Å²) in [4.78, 5) is 25.0. The molecule has 5 nitrogen and oxygen atoms in total. The van der Waals surface area contributed by atoms with Gasteiger partial charge in [-0.25, -0.2) is 4.79 Å². The van der Waals surface area contributed by atoms with Gasteiger partial charge >= 0.3 is 5.97 Å². The molecule has 2 N–H and O–H groups in total. The lowest BCUT2D eigenvalue weighted by molar-refractivity contribution is -0.148. The average Bonchev–Trinajstić information content (AvgIpc) is 2.91. The number of aliphatic hydroxyl groups excluding tert-OH is 1. The summed E-state index contributed by atoms with van der Waals surface area (Å²) in [5.74, 6) is -0.847. The fraction of sp³-hybridized carbons (Fsp3) is 0.600. The number of aliphatic hydroxyl groups is 1. The number of fused-ring (bicyclic) bond motifs is 1. The summed E-state index contributed by atoms with van der Waals surface area (Å²) < 4.78 is 5.71. The van der Waals surface area contributed by atoms with E-state index in [0.29, 0.717) is 11.1 Å². The highest BCUT2D eigenvalue weighted by atomic mass is 16.6. The zero-order valence-corrected chi connectivity index (χ0v) is 15.2. The van der Waals surface area contributed by atoms with E-state index in [9.17, 15) is 14.7 Å². The number of benzene rings is 1. The Hall–Kier alpha value is -1.88. The van der Waals surface area contributed by atoms with Crippen molar-refractivity contribution < 1.29 is 19.4 Å². The van der Waals surface area contributed by atoms with E-state index in [0.717, 1.165) is 37.7 Å². The van der Waals surface area contributed by atoms with Crippen LogP contribution in [0, 0.1) is 18.8 Å². The predicted molar refractivity (Wildman–Crippen MR) is 93.8 cm³/mol. The molecule has 1 fully saturated rings. The van der Waals surface area contributed by atoms with Gasteiger partial charge in [-0.1, -0.05) is 51.3 Å². The number of cyclic esters (lactones) is 1. The van der Waals surface area contributed by atoms with Gasteiger partial charge in [0.25, 0.3) is 0 Å². The van der Waals surface area contributed by atoms with Gasteiger partial charge in [0.2, 0.25) is 5.91 Å². The van der Waals surface area contributed by atoms with E-state index in [1.807, 2.05) is 39.0 Å². The highest BCUT2D eigenvalue weighted by molar-refractivity contribution is 5.96. The molecule has 5 heteroatoms. The number of rotatable bonds is 4. The van der Waals surface area contributed by atoms with Gasteiger partial charge in [-0.05, 0) is 25.3 Å². The van der Waals surface area contributed by atoms with Gasteiger partial charge in [0, 0.05) is 17.4 Å². The molecule has 136 valence electrons. The van der Waals surface area contributed by atoms with E-state index < -0.39 is 17.8 Å². The molecule has 0 bridgehead atoms. The number of esters is 1. The topological polar surface area (TPSA) is 75.6 Å². The molecule has 0 saturated heterocycles. The maximum absolute atomic E-state index is 12.6. The summed E-state index contributed by atoms with van der Waals surface area (Å²) in [6.07, 6.45) is 3.67. The van der Waals surface area contributed by atoms with Crippen LogP contribution in [0.5, 0.6) is 0 Å². The third-order valence-electron chi connectivity index (χ3n) is 5.68. The van der Waals surface area contributed by atoms with E-state index in [4.69, 9.17) is 4.74 Å². The van der Waals surface area contributed by atoms with E-state index in [-0.39, 0.29) is 17.7 Å². The highest BCUT2D eigenvalue weighted by Crippen LogP contribution is 2.45. The predicted octanol–water partition coefficient (Wildman–Crippen LogP) is 3.03. The Morgan fingerprint density at radius 3 is 2.60 bits per heavy atom. The minimum atomic E-state index is -1.27. The molecule has 1 aromatic carbocycles. The summed E-state index contributed by atoms with van der Waals surface area (Å²) in [6, 6.07) is 5.51. The molecule has 1 saturated carbocycles. The molecule has 3 rings (SSSR count). The van der Waals surface area contributed by atoms with Gasteiger partial charge in [-0.15, -0.1) is 0 Å². The monoisotopic (exact) mass is 345 g/mol. The first-order valence-electron chi connectivity index (χ1n) is 9.19. The molecule has 25 heavy (non-hydrogen) atoms. The molecule has 2 atom stereocenters. The Kier molecular flexibility index (Phi) is 4.87. The van der Waals surface area contributed by atoms with Gasteiger partial charge < -0.3 is 15.2 Å². The maximum atomic E-state index is 12.6. The fourth-order valence-corrected chi connectivity index (χ4v) is 4.20. The number of hydrogen-bond acceptors (Lipinski definition) is 4. The summed E-state index contributed by atoms with van der Waals surface area (Å²) in [5.41, 5.74) is 0.727. The third kappa shape index (κ3) is 2.95. The largest absolute Gasteiger partial charge is 0.445 e. The normalized spacial score (nSPS) is 24.8. The molecule has 0 radical (unpaired) electrons. The van der Waals surface area contributed by atoms with Crippen LogP contribution in [0.15, 0.2) is 18.2 Å². The zero-order valence-electron chi connectivity index (χ0n) is 15.2. The minimum absolute atomic E-state index is 0.0679. The van der Waals surface area contributed by atoms with Crippen LogP contribution >= 0.6 is 0 Å². The Morgan fingerprint density at radius 2 is 1.96 bits per heavy atom. The molecule has 1 aromatic rings. The van der Waals surface area contributed by atoms with Gasteiger partial charge in [-0.3, -0.25) is 4.79 Å². The Balaban J connectivity index is 1.91. The second-order valence-electron chi connectivity index (χ2n) is 7.58. The highest BCUT2D eigenvalue weighted by Gasteiger charge is 2.54. The molecular formula is C20H27NO4. The first-order chi connectivity index (χ1) is 11.9. The SMILES string of the molecule is Cc1cccc2c1C(=O)OC2(C(C)C)C(O)NC(=O)C1CCCCC1. The number of nitrogens with one attached hydrogen (secondary N) is 1. The van der Waals surface area contributed by atoms with Crippen LogP contribution in [0.2, 0.25) is 0 Å². The van der Waals surface area contributed by atoms with Gasteiger partial charge in [0.05, 0.1) is 5.56 Å². The molecule has 1 aliphatic carbocycles. The number of aryl methyl sites for hydroxylation is 1. The number of amides is 1. The van der Waals surface area contributed by atoms with Crippen molar-refractivity contribution in [2.75, 3.05) is 0 Å². The number of ether oxygens (including phenoxy) is 1. The Bertz CT molecular complexity index is 678. The van der Waals surface area contributed by atoms with Crippen LogP contribution in [0.4, 0.5) is 0 Å². The number of carbonyl (C=O) groups excluding carboxylic acids is 2. The zero-order chi connectivity index (χ0) is 18.2.